The van der Waals surface area contributed by atoms with Gasteiger partial charge < -0.3 is 5.32 Å². The third kappa shape index (κ3) is 4.87. The first kappa shape index (κ1) is 14.3. The van der Waals surface area contributed by atoms with Crippen LogP contribution in [0, 0.1) is 0 Å². The van der Waals surface area contributed by atoms with Crippen LogP contribution >= 0.6 is 0 Å². The van der Waals surface area contributed by atoms with Crippen LogP contribution in [0.5, 0.6) is 0 Å². The van der Waals surface area contributed by atoms with E-state index < -0.39 is 0 Å². The van der Waals surface area contributed by atoms with Crippen LogP contribution < -0.4 is 5.32 Å². The van der Waals surface area contributed by atoms with Crippen LogP contribution in [0.1, 0.15) is 11.1 Å². The fourth-order valence-corrected chi connectivity index (χ4v) is 2.13. The molecule has 0 aliphatic heterocycles. The Balaban J connectivity index is 1.97. The van der Waals surface area contributed by atoms with E-state index in [0.717, 1.165) is 13.0 Å². The zero-order chi connectivity index (χ0) is 14.0. The number of nitrogens with one attached hydrogen (secondary N) is 1. The summed E-state index contributed by atoms with van der Waals surface area (Å²) in [5.74, 6) is 0. The fourth-order valence-electron chi connectivity index (χ4n) is 2.13. The van der Waals surface area contributed by atoms with E-state index in [-0.39, 0.29) is 0 Å². The lowest BCUT2D eigenvalue weighted by molar-refractivity contribution is 0.589. The average molecular weight is 263 g/mol. The van der Waals surface area contributed by atoms with Crippen molar-refractivity contribution in [3.63, 3.8) is 0 Å². The van der Waals surface area contributed by atoms with Crippen LogP contribution in [0.25, 0.3) is 0 Å². The summed E-state index contributed by atoms with van der Waals surface area (Å²) in [6.45, 7) is 4.62. The number of rotatable bonds is 7. The molecule has 0 aromatic heterocycles. The van der Waals surface area contributed by atoms with E-state index >= 15 is 0 Å². The summed E-state index contributed by atoms with van der Waals surface area (Å²) in [4.78, 5) is 0. The molecule has 0 saturated carbocycles. The van der Waals surface area contributed by atoms with Crippen molar-refractivity contribution >= 4 is 0 Å². The Morgan fingerprint density at radius 2 is 1.50 bits per heavy atom. The minimum absolute atomic E-state index is 0.315. The summed E-state index contributed by atoms with van der Waals surface area (Å²) in [7, 11) is 0. The van der Waals surface area contributed by atoms with Crippen molar-refractivity contribution in [1.29, 1.82) is 0 Å². The van der Waals surface area contributed by atoms with Gasteiger partial charge in [-0.1, -0.05) is 85.5 Å². The molecule has 20 heavy (non-hydrogen) atoms. The number of allylic oxidation sites excluding steroid dienone is 2. The molecular weight excluding hydrogens is 242 g/mol. The molecule has 2 aromatic rings. The second-order valence-corrected chi connectivity index (χ2v) is 4.78. The van der Waals surface area contributed by atoms with E-state index in [4.69, 9.17) is 0 Å². The van der Waals surface area contributed by atoms with Gasteiger partial charge in [0.2, 0.25) is 0 Å². The predicted octanol–water partition coefficient (Wildman–Crippen LogP) is 4.13. The second-order valence-electron chi connectivity index (χ2n) is 4.78. The van der Waals surface area contributed by atoms with E-state index in [1.54, 1.807) is 0 Å². The zero-order valence-corrected chi connectivity index (χ0v) is 11.7. The Morgan fingerprint density at radius 3 is 2.10 bits per heavy atom. The van der Waals surface area contributed by atoms with Crippen LogP contribution in [0.15, 0.2) is 85.5 Å². The maximum absolute atomic E-state index is 3.74. The minimum atomic E-state index is 0.315. The van der Waals surface area contributed by atoms with Crippen LogP contribution in [0.4, 0.5) is 0 Å². The highest BCUT2D eigenvalue weighted by molar-refractivity contribution is 5.19. The SMILES string of the molecule is C=C/C=C/[C@H](Cc1ccccc1)NCc1ccccc1. The van der Waals surface area contributed by atoms with Crippen molar-refractivity contribution in [2.75, 3.05) is 0 Å². The van der Waals surface area contributed by atoms with E-state index in [1.807, 2.05) is 18.2 Å². The molecule has 1 atom stereocenters. The molecule has 0 fully saturated rings. The summed E-state index contributed by atoms with van der Waals surface area (Å²) in [6.07, 6.45) is 6.98. The molecule has 1 heteroatoms. The third-order valence-corrected chi connectivity index (χ3v) is 3.19. The summed E-state index contributed by atoms with van der Waals surface area (Å²) in [5, 5.41) is 3.58. The van der Waals surface area contributed by atoms with Gasteiger partial charge in [0.15, 0.2) is 0 Å². The van der Waals surface area contributed by atoms with Crippen LogP contribution in [0.2, 0.25) is 0 Å². The van der Waals surface area contributed by atoms with Gasteiger partial charge >= 0.3 is 0 Å². The molecule has 2 aromatic carbocycles. The smallest absolute Gasteiger partial charge is 0.0296 e. The van der Waals surface area contributed by atoms with E-state index in [9.17, 15) is 0 Å². The first-order valence-corrected chi connectivity index (χ1v) is 6.99. The van der Waals surface area contributed by atoms with Gasteiger partial charge in [0, 0.05) is 12.6 Å². The molecule has 0 saturated heterocycles. The number of hydrogen-bond acceptors (Lipinski definition) is 1. The molecule has 102 valence electrons. The lowest BCUT2D eigenvalue weighted by Crippen LogP contribution is -2.28. The maximum Gasteiger partial charge on any atom is 0.0296 e. The standard InChI is InChI=1S/C19H21N/c1-2-3-14-19(15-17-10-6-4-7-11-17)20-16-18-12-8-5-9-13-18/h2-14,19-20H,1,15-16H2/b14-3+/t19-/m1/s1. The molecule has 0 aliphatic carbocycles. The van der Waals surface area contributed by atoms with Gasteiger partial charge in [-0.15, -0.1) is 0 Å². The van der Waals surface area contributed by atoms with E-state index in [1.165, 1.54) is 11.1 Å². The first-order chi connectivity index (χ1) is 9.88. The van der Waals surface area contributed by atoms with Crippen molar-refractivity contribution < 1.29 is 0 Å². The maximum atomic E-state index is 3.74. The highest BCUT2D eigenvalue weighted by atomic mass is 14.9. The van der Waals surface area contributed by atoms with Crippen LogP contribution in [-0.2, 0) is 13.0 Å². The number of benzene rings is 2. The molecular formula is C19H21N. The lowest BCUT2D eigenvalue weighted by atomic mass is 10.0. The largest absolute Gasteiger partial charge is 0.306 e. The zero-order valence-electron chi connectivity index (χ0n) is 11.7. The summed E-state index contributed by atoms with van der Waals surface area (Å²) < 4.78 is 0. The Hall–Kier alpha value is -2.12. The molecule has 2 rings (SSSR count). The quantitative estimate of drug-likeness (QED) is 0.741. The van der Waals surface area contributed by atoms with Gasteiger partial charge in [0.25, 0.3) is 0 Å². The Kier molecular flexibility index (Phi) is 5.81. The summed E-state index contributed by atoms with van der Waals surface area (Å²) in [5.41, 5.74) is 2.64. The Morgan fingerprint density at radius 1 is 0.900 bits per heavy atom. The topological polar surface area (TPSA) is 12.0 Å². The molecule has 0 unspecified atom stereocenters. The van der Waals surface area contributed by atoms with E-state index in [2.05, 4.69) is 72.6 Å². The highest BCUT2D eigenvalue weighted by Crippen LogP contribution is 2.06. The molecule has 0 amide bonds. The van der Waals surface area contributed by atoms with Gasteiger partial charge in [-0.2, -0.15) is 0 Å². The second kappa shape index (κ2) is 8.13. The molecule has 0 heterocycles. The predicted molar refractivity (Wildman–Crippen MR) is 86.6 cm³/mol. The normalized spacial score (nSPS) is 12.4. The van der Waals surface area contributed by atoms with Gasteiger partial charge in [-0.25, -0.2) is 0 Å². The highest BCUT2D eigenvalue weighted by Gasteiger charge is 2.05. The van der Waals surface area contributed by atoms with Crippen LogP contribution in [0.3, 0.4) is 0 Å². The molecule has 1 nitrogen and oxygen atoms in total. The Labute approximate surface area is 121 Å². The van der Waals surface area contributed by atoms with Gasteiger partial charge in [-0.05, 0) is 17.5 Å². The summed E-state index contributed by atoms with van der Waals surface area (Å²) >= 11 is 0. The molecule has 1 N–H and O–H groups in total. The minimum Gasteiger partial charge on any atom is -0.306 e. The average Bonchev–Trinajstić information content (AvgIpc) is 2.52. The third-order valence-electron chi connectivity index (χ3n) is 3.19. The summed E-state index contributed by atoms with van der Waals surface area (Å²) in [6, 6.07) is 21.3. The number of hydrogen-bond donors (Lipinski definition) is 1. The molecule has 0 spiro atoms. The monoisotopic (exact) mass is 263 g/mol. The van der Waals surface area contributed by atoms with Gasteiger partial charge in [0.05, 0.1) is 0 Å². The Bertz CT molecular complexity index is 528. The molecule has 0 radical (unpaired) electrons. The molecule has 0 bridgehead atoms. The van der Waals surface area contributed by atoms with Crippen molar-refractivity contribution in [2.24, 2.45) is 0 Å². The van der Waals surface area contributed by atoms with E-state index in [0.29, 0.717) is 6.04 Å². The van der Waals surface area contributed by atoms with Gasteiger partial charge in [0.1, 0.15) is 0 Å². The van der Waals surface area contributed by atoms with Crippen LogP contribution in [-0.4, -0.2) is 6.04 Å². The fraction of sp³-hybridized carbons (Fsp3) is 0.158. The van der Waals surface area contributed by atoms with Crippen molar-refractivity contribution in [1.82, 2.24) is 5.32 Å². The van der Waals surface area contributed by atoms with Crippen molar-refractivity contribution in [2.45, 2.75) is 19.0 Å². The lowest BCUT2D eigenvalue weighted by Gasteiger charge is -2.15. The first-order valence-electron chi connectivity index (χ1n) is 6.99. The molecule has 0 aliphatic rings. The van der Waals surface area contributed by atoms with Crippen molar-refractivity contribution in [3.05, 3.63) is 96.6 Å². The van der Waals surface area contributed by atoms with Crippen molar-refractivity contribution in [3.8, 4) is 0 Å². The van der Waals surface area contributed by atoms with Gasteiger partial charge in [-0.3, -0.25) is 0 Å².